The largest absolute Gasteiger partial charge is 0.508 e. The van der Waals surface area contributed by atoms with Gasteiger partial charge in [0.15, 0.2) is 0 Å². The Labute approximate surface area is 123 Å². The van der Waals surface area contributed by atoms with Gasteiger partial charge in [0.05, 0.1) is 0 Å². The van der Waals surface area contributed by atoms with Crippen LogP contribution in [0.2, 0.25) is 0 Å². The topological polar surface area (TPSA) is 32.3 Å². The van der Waals surface area contributed by atoms with Crippen LogP contribution in [0.3, 0.4) is 0 Å². The van der Waals surface area contributed by atoms with Crippen molar-refractivity contribution in [3.8, 4) is 5.75 Å². The average molecular weight is 275 g/mol. The number of aromatic hydroxyl groups is 1. The van der Waals surface area contributed by atoms with Gasteiger partial charge in [-0.1, -0.05) is 44.9 Å². The maximum absolute atomic E-state index is 9.95. The smallest absolute Gasteiger partial charge is 0.120 e. The minimum Gasteiger partial charge on any atom is -0.508 e. The van der Waals surface area contributed by atoms with Crippen LogP contribution >= 0.6 is 0 Å². The van der Waals surface area contributed by atoms with Crippen LogP contribution in [0, 0.1) is 24.7 Å². The monoisotopic (exact) mass is 275 g/mol. The zero-order chi connectivity index (χ0) is 14.7. The molecule has 2 nitrogen and oxygen atoms in total. The molecule has 0 saturated heterocycles. The first-order valence-corrected chi connectivity index (χ1v) is 7.99. The third-order valence-electron chi connectivity index (χ3n) is 4.81. The van der Waals surface area contributed by atoms with E-state index in [9.17, 15) is 5.11 Å². The van der Waals surface area contributed by atoms with E-state index in [0.717, 1.165) is 29.9 Å². The van der Waals surface area contributed by atoms with Crippen LogP contribution in [-0.4, -0.2) is 11.1 Å². The number of phenols is 1. The molecule has 112 valence electrons. The molecule has 3 unspecified atom stereocenters. The molecule has 1 fully saturated rings. The van der Waals surface area contributed by atoms with Gasteiger partial charge >= 0.3 is 0 Å². The van der Waals surface area contributed by atoms with Crippen LogP contribution in [-0.2, 0) is 6.54 Å². The van der Waals surface area contributed by atoms with E-state index in [0.29, 0.717) is 11.8 Å². The first kappa shape index (κ1) is 15.4. The fourth-order valence-corrected chi connectivity index (χ4v) is 3.53. The Morgan fingerprint density at radius 1 is 1.30 bits per heavy atom. The van der Waals surface area contributed by atoms with Gasteiger partial charge in [0.2, 0.25) is 0 Å². The molecule has 0 aromatic heterocycles. The summed E-state index contributed by atoms with van der Waals surface area (Å²) in [6.45, 7) is 9.87. The van der Waals surface area contributed by atoms with Gasteiger partial charge in [0.25, 0.3) is 0 Å². The Kier molecular flexibility index (Phi) is 5.09. The van der Waals surface area contributed by atoms with E-state index in [1.165, 1.54) is 24.8 Å². The average Bonchev–Trinajstić information content (AvgIpc) is 2.39. The van der Waals surface area contributed by atoms with Gasteiger partial charge in [-0.25, -0.2) is 0 Å². The highest BCUT2D eigenvalue weighted by molar-refractivity contribution is 5.35. The van der Waals surface area contributed by atoms with Crippen molar-refractivity contribution < 1.29 is 5.11 Å². The van der Waals surface area contributed by atoms with Crippen LogP contribution in [0.5, 0.6) is 5.75 Å². The van der Waals surface area contributed by atoms with Gasteiger partial charge in [-0.3, -0.25) is 0 Å². The van der Waals surface area contributed by atoms with Crippen LogP contribution < -0.4 is 5.32 Å². The summed E-state index contributed by atoms with van der Waals surface area (Å²) < 4.78 is 0. The molecule has 2 N–H and O–H groups in total. The summed E-state index contributed by atoms with van der Waals surface area (Å²) in [5, 5.41) is 13.7. The first-order valence-electron chi connectivity index (χ1n) is 7.99. The fraction of sp³-hybridized carbons (Fsp3) is 0.667. The lowest BCUT2D eigenvalue weighted by atomic mass is 9.74. The third kappa shape index (κ3) is 3.76. The SMILES string of the molecule is Cc1ccc(O)c(CNC2CC(C)CCC2C(C)C)c1. The lowest BCUT2D eigenvalue weighted by Crippen LogP contribution is -2.42. The quantitative estimate of drug-likeness (QED) is 0.861. The molecule has 1 aromatic rings. The molecule has 0 amide bonds. The maximum Gasteiger partial charge on any atom is 0.120 e. The zero-order valence-corrected chi connectivity index (χ0v) is 13.3. The predicted octanol–water partition coefficient (Wildman–Crippen LogP) is 4.25. The second-order valence-corrected chi connectivity index (χ2v) is 6.95. The van der Waals surface area contributed by atoms with Gasteiger partial charge < -0.3 is 10.4 Å². The molecular weight excluding hydrogens is 246 g/mol. The second kappa shape index (κ2) is 6.62. The molecule has 2 rings (SSSR count). The molecule has 2 heteroatoms. The standard InChI is InChI=1S/C18H29NO/c1-12(2)16-7-5-14(4)10-17(16)19-11-15-9-13(3)6-8-18(15)20/h6,8-9,12,14,16-17,19-20H,5,7,10-11H2,1-4H3. The number of hydrogen-bond acceptors (Lipinski definition) is 2. The molecule has 1 aromatic carbocycles. The summed E-state index contributed by atoms with van der Waals surface area (Å²) in [6.07, 6.45) is 3.95. The number of aryl methyl sites for hydroxylation is 1. The molecule has 0 aliphatic heterocycles. The van der Waals surface area contributed by atoms with Crippen molar-refractivity contribution in [2.75, 3.05) is 0 Å². The Balaban J connectivity index is 2.01. The minimum absolute atomic E-state index is 0.410. The van der Waals surface area contributed by atoms with Gasteiger partial charge in [-0.05, 0) is 43.6 Å². The summed E-state index contributed by atoms with van der Waals surface area (Å²) in [5.41, 5.74) is 2.22. The summed E-state index contributed by atoms with van der Waals surface area (Å²) in [5.74, 6) is 2.71. The molecule has 1 aliphatic rings. The molecule has 0 heterocycles. The zero-order valence-electron chi connectivity index (χ0n) is 13.3. The minimum atomic E-state index is 0.410. The lowest BCUT2D eigenvalue weighted by molar-refractivity contribution is 0.169. The van der Waals surface area contributed by atoms with Gasteiger partial charge in [0.1, 0.15) is 5.75 Å². The van der Waals surface area contributed by atoms with Crippen LogP contribution in [0.1, 0.15) is 51.2 Å². The molecular formula is C18H29NO. The van der Waals surface area contributed by atoms with E-state index < -0.39 is 0 Å². The number of phenolic OH excluding ortho intramolecular Hbond substituents is 1. The number of rotatable bonds is 4. The van der Waals surface area contributed by atoms with Gasteiger partial charge in [-0.15, -0.1) is 0 Å². The van der Waals surface area contributed by atoms with E-state index in [1.807, 2.05) is 6.07 Å². The van der Waals surface area contributed by atoms with Crippen molar-refractivity contribution in [1.82, 2.24) is 5.32 Å². The molecule has 3 atom stereocenters. The highest BCUT2D eigenvalue weighted by atomic mass is 16.3. The molecule has 1 aliphatic carbocycles. The Morgan fingerprint density at radius 2 is 2.05 bits per heavy atom. The van der Waals surface area contributed by atoms with Crippen LogP contribution in [0.25, 0.3) is 0 Å². The summed E-state index contributed by atoms with van der Waals surface area (Å²) in [7, 11) is 0. The van der Waals surface area contributed by atoms with Crippen molar-refractivity contribution in [1.29, 1.82) is 0 Å². The normalized spacial score (nSPS) is 26.9. The van der Waals surface area contributed by atoms with E-state index in [-0.39, 0.29) is 0 Å². The number of hydrogen-bond donors (Lipinski definition) is 2. The van der Waals surface area contributed by atoms with E-state index >= 15 is 0 Å². The second-order valence-electron chi connectivity index (χ2n) is 6.95. The van der Waals surface area contributed by atoms with E-state index in [2.05, 4.69) is 39.1 Å². The van der Waals surface area contributed by atoms with Crippen molar-refractivity contribution in [3.63, 3.8) is 0 Å². The van der Waals surface area contributed by atoms with Crippen molar-refractivity contribution in [2.45, 2.75) is 59.5 Å². The molecule has 0 radical (unpaired) electrons. The predicted molar refractivity (Wildman–Crippen MR) is 84.8 cm³/mol. The fourth-order valence-electron chi connectivity index (χ4n) is 3.53. The number of benzene rings is 1. The highest BCUT2D eigenvalue weighted by Crippen LogP contribution is 2.33. The van der Waals surface area contributed by atoms with E-state index in [4.69, 9.17) is 0 Å². The molecule has 1 saturated carbocycles. The molecule has 0 bridgehead atoms. The van der Waals surface area contributed by atoms with Gasteiger partial charge in [-0.2, -0.15) is 0 Å². The van der Waals surface area contributed by atoms with Crippen molar-refractivity contribution in [3.05, 3.63) is 29.3 Å². The molecule has 20 heavy (non-hydrogen) atoms. The summed E-state index contributed by atoms with van der Waals surface area (Å²) >= 11 is 0. The van der Waals surface area contributed by atoms with Gasteiger partial charge in [0, 0.05) is 18.2 Å². The highest BCUT2D eigenvalue weighted by Gasteiger charge is 2.30. The van der Waals surface area contributed by atoms with Crippen LogP contribution in [0.4, 0.5) is 0 Å². The molecule has 0 spiro atoms. The Hall–Kier alpha value is -1.02. The Bertz CT molecular complexity index is 441. The summed E-state index contributed by atoms with van der Waals surface area (Å²) in [4.78, 5) is 0. The first-order chi connectivity index (χ1) is 9.47. The number of nitrogens with one attached hydrogen (secondary N) is 1. The lowest BCUT2D eigenvalue weighted by Gasteiger charge is -2.38. The Morgan fingerprint density at radius 3 is 2.75 bits per heavy atom. The summed E-state index contributed by atoms with van der Waals surface area (Å²) in [6, 6.07) is 6.42. The van der Waals surface area contributed by atoms with Crippen molar-refractivity contribution in [2.24, 2.45) is 17.8 Å². The maximum atomic E-state index is 9.95. The van der Waals surface area contributed by atoms with Crippen LogP contribution in [0.15, 0.2) is 18.2 Å². The van der Waals surface area contributed by atoms with Crippen molar-refractivity contribution >= 4 is 0 Å². The third-order valence-corrected chi connectivity index (χ3v) is 4.81. The van der Waals surface area contributed by atoms with E-state index in [1.54, 1.807) is 6.07 Å².